The van der Waals surface area contributed by atoms with Crippen LogP contribution in [0.25, 0.3) is 0 Å². The van der Waals surface area contributed by atoms with E-state index in [1.807, 2.05) is 44.2 Å². The maximum atomic E-state index is 12.6. The number of anilines is 1. The molecular formula is C31H36FN3O4. The Hall–Kier alpha value is -4.40. The average molecular weight is 534 g/mol. The molecule has 206 valence electrons. The number of rotatable bonds is 9. The molecule has 0 spiro atoms. The lowest BCUT2D eigenvalue weighted by molar-refractivity contribution is -0.107. The fourth-order valence-electron chi connectivity index (χ4n) is 2.80. The van der Waals surface area contributed by atoms with E-state index >= 15 is 0 Å². The zero-order valence-electron chi connectivity index (χ0n) is 22.3. The van der Waals surface area contributed by atoms with E-state index in [0.29, 0.717) is 36.3 Å². The zero-order valence-corrected chi connectivity index (χ0v) is 22.3. The summed E-state index contributed by atoms with van der Waals surface area (Å²) in [7, 11) is 1.94. The first kappa shape index (κ1) is 32.6. The Morgan fingerprint density at radius 1 is 0.923 bits per heavy atom. The molecule has 4 rings (SSSR count). The minimum absolute atomic E-state index is 0.278. The van der Waals surface area contributed by atoms with Gasteiger partial charge in [-0.05, 0) is 79.7 Å². The lowest BCUT2D eigenvalue weighted by Gasteiger charge is -2.10. The summed E-state index contributed by atoms with van der Waals surface area (Å²) in [5.41, 5.74) is 8.41. The number of likely N-dealkylation sites (N-methyl/N-ethyl adjacent to an activating group) is 1. The highest BCUT2D eigenvalue weighted by Gasteiger charge is 1.98. The van der Waals surface area contributed by atoms with Crippen molar-refractivity contribution in [2.45, 2.75) is 26.0 Å². The summed E-state index contributed by atoms with van der Waals surface area (Å²) in [6.45, 7) is 5.56. The summed E-state index contributed by atoms with van der Waals surface area (Å²) in [5, 5.41) is 3.13. The number of aldehydes is 1. The molecule has 1 aromatic heterocycles. The van der Waals surface area contributed by atoms with Gasteiger partial charge < -0.3 is 30.1 Å². The number of carbonyl (C=O) groups is 2. The monoisotopic (exact) mass is 533 g/mol. The number of aromatic nitrogens is 1. The highest BCUT2D eigenvalue weighted by Crippen LogP contribution is 2.22. The molecule has 0 saturated carbocycles. The van der Waals surface area contributed by atoms with Gasteiger partial charge in [0.2, 0.25) is 0 Å². The predicted molar refractivity (Wildman–Crippen MR) is 153 cm³/mol. The van der Waals surface area contributed by atoms with Crippen molar-refractivity contribution in [2.75, 3.05) is 19.4 Å². The third-order valence-electron chi connectivity index (χ3n) is 4.94. The van der Waals surface area contributed by atoms with E-state index in [0.717, 1.165) is 18.5 Å². The van der Waals surface area contributed by atoms with Crippen LogP contribution in [0.4, 0.5) is 10.1 Å². The van der Waals surface area contributed by atoms with Crippen LogP contribution in [0.15, 0.2) is 103 Å². The third kappa shape index (κ3) is 15.5. The second-order valence-corrected chi connectivity index (χ2v) is 8.05. The molecular weight excluding hydrogens is 497 g/mol. The number of nitrogen functional groups attached to an aromatic ring is 1. The predicted octanol–water partition coefficient (Wildman–Crippen LogP) is 5.65. The molecule has 1 atom stereocenters. The molecule has 0 aliphatic carbocycles. The zero-order chi connectivity index (χ0) is 28.7. The van der Waals surface area contributed by atoms with Gasteiger partial charge in [-0.25, -0.2) is 4.39 Å². The minimum atomic E-state index is -0.278. The highest BCUT2D eigenvalue weighted by atomic mass is 19.1. The van der Waals surface area contributed by atoms with Crippen molar-refractivity contribution < 1.29 is 23.5 Å². The smallest absolute Gasteiger partial charge is 0.127 e. The summed E-state index contributed by atoms with van der Waals surface area (Å²) in [6, 6.07) is 27.2. The Morgan fingerprint density at radius 2 is 1.51 bits per heavy atom. The summed E-state index contributed by atoms with van der Waals surface area (Å²) in [5.74, 6) is 0.997. The van der Waals surface area contributed by atoms with Gasteiger partial charge in [0.05, 0.1) is 13.2 Å². The fourth-order valence-corrected chi connectivity index (χ4v) is 2.80. The van der Waals surface area contributed by atoms with Crippen molar-refractivity contribution in [3.63, 3.8) is 0 Å². The number of nitrogens with two attached hydrogens (primary N) is 1. The lowest BCUT2D eigenvalue weighted by atomic mass is 10.2. The summed E-state index contributed by atoms with van der Waals surface area (Å²) in [4.78, 5) is 21.8. The molecule has 0 aliphatic heterocycles. The van der Waals surface area contributed by atoms with Crippen LogP contribution in [0, 0.1) is 5.82 Å². The van der Waals surface area contributed by atoms with Crippen LogP contribution < -0.4 is 15.8 Å². The van der Waals surface area contributed by atoms with Crippen LogP contribution in [0.3, 0.4) is 0 Å². The second-order valence-electron chi connectivity index (χ2n) is 8.05. The van der Waals surface area contributed by atoms with E-state index in [1.54, 1.807) is 48.8 Å². The molecule has 0 saturated heterocycles. The second kappa shape index (κ2) is 20.6. The van der Waals surface area contributed by atoms with Gasteiger partial charge in [0, 0.05) is 30.5 Å². The number of hydrogen-bond acceptors (Lipinski definition) is 7. The fraction of sp³-hybridized carbons (Fsp3) is 0.194. The van der Waals surface area contributed by atoms with Gasteiger partial charge in [-0.15, -0.1) is 0 Å². The Kier molecular flexibility index (Phi) is 17.3. The number of pyridine rings is 1. The largest absolute Gasteiger partial charge is 0.457 e. The number of carbonyl (C=O) groups excluding carboxylic acids is 2. The molecule has 0 amide bonds. The first-order valence-corrected chi connectivity index (χ1v) is 12.2. The molecule has 4 aromatic rings. The third-order valence-corrected chi connectivity index (χ3v) is 4.94. The lowest BCUT2D eigenvalue weighted by Crippen LogP contribution is -2.26. The van der Waals surface area contributed by atoms with Gasteiger partial charge in [-0.1, -0.05) is 36.4 Å². The molecule has 39 heavy (non-hydrogen) atoms. The molecule has 1 unspecified atom stereocenters. The van der Waals surface area contributed by atoms with Crippen LogP contribution in [0.5, 0.6) is 11.5 Å². The summed E-state index contributed by atoms with van der Waals surface area (Å²) in [6.07, 6.45) is 4.72. The quantitative estimate of drug-likeness (QED) is 0.212. The van der Waals surface area contributed by atoms with Crippen molar-refractivity contribution >= 4 is 18.8 Å². The Labute approximate surface area is 229 Å². The van der Waals surface area contributed by atoms with Gasteiger partial charge >= 0.3 is 0 Å². The molecule has 0 bridgehead atoms. The van der Waals surface area contributed by atoms with Crippen LogP contribution in [0.2, 0.25) is 0 Å². The number of nitrogens with zero attached hydrogens (tertiary/aromatic N) is 1. The number of hydrogen-bond donors (Lipinski definition) is 2. The molecule has 0 radical (unpaired) electrons. The van der Waals surface area contributed by atoms with Gasteiger partial charge in [0.1, 0.15) is 30.4 Å². The molecule has 8 heteroatoms. The molecule has 3 N–H and O–H groups in total. The average Bonchev–Trinajstić information content (AvgIpc) is 2.98. The van der Waals surface area contributed by atoms with Crippen LogP contribution >= 0.6 is 0 Å². The Bertz CT molecular complexity index is 1100. The van der Waals surface area contributed by atoms with Gasteiger partial charge in [0.25, 0.3) is 0 Å². The Balaban J connectivity index is 0.000000291. The number of halogens is 1. The first-order valence-electron chi connectivity index (χ1n) is 12.2. The van der Waals surface area contributed by atoms with E-state index < -0.39 is 0 Å². The maximum Gasteiger partial charge on any atom is 0.127 e. The highest BCUT2D eigenvalue weighted by molar-refractivity contribution is 5.54. The molecule has 0 fully saturated rings. The van der Waals surface area contributed by atoms with Crippen LogP contribution in [-0.4, -0.2) is 37.8 Å². The SMILES string of the molecule is C=O.CNC(C)COCc1ccccc1.Nc1ccc(Oc2ccc(F)cc2)cc1.O=CCc1cccnc1. The van der Waals surface area contributed by atoms with E-state index in [9.17, 15) is 9.18 Å². The molecule has 7 nitrogen and oxygen atoms in total. The van der Waals surface area contributed by atoms with Gasteiger partial charge in [0.15, 0.2) is 0 Å². The number of nitrogens with one attached hydrogen (secondary N) is 1. The standard InChI is InChI=1S/C12H10FNO.C11H17NO.C7H7NO.CH2O/c13-9-1-5-11(6-2-9)15-12-7-3-10(14)4-8-12;1-10(12-2)8-13-9-11-6-4-3-5-7-11;9-5-3-7-2-1-4-8-6-7;1-2/h1-8H,14H2;3-7,10,12H,8-9H2,1-2H3;1-2,4-6H,3H2;1H2. The normalized spacial score (nSPS) is 10.2. The molecule has 3 aromatic carbocycles. The van der Waals surface area contributed by atoms with Crippen molar-refractivity contribution in [1.29, 1.82) is 0 Å². The summed E-state index contributed by atoms with van der Waals surface area (Å²) < 4.78 is 23.6. The van der Waals surface area contributed by atoms with Crippen LogP contribution in [0.1, 0.15) is 18.1 Å². The van der Waals surface area contributed by atoms with Crippen molar-refractivity contribution in [3.8, 4) is 11.5 Å². The van der Waals surface area contributed by atoms with Crippen molar-refractivity contribution in [1.82, 2.24) is 10.3 Å². The van der Waals surface area contributed by atoms with Gasteiger partial charge in [-0.3, -0.25) is 4.98 Å². The topological polar surface area (TPSA) is 104 Å². The van der Waals surface area contributed by atoms with Gasteiger partial charge in [-0.2, -0.15) is 0 Å². The molecule has 1 heterocycles. The van der Waals surface area contributed by atoms with E-state index in [-0.39, 0.29) is 5.82 Å². The number of benzene rings is 3. The van der Waals surface area contributed by atoms with E-state index in [2.05, 4.69) is 29.4 Å². The minimum Gasteiger partial charge on any atom is -0.457 e. The maximum absolute atomic E-state index is 12.6. The van der Waals surface area contributed by atoms with Crippen LogP contribution in [-0.2, 0) is 27.4 Å². The summed E-state index contributed by atoms with van der Waals surface area (Å²) >= 11 is 0. The van der Waals surface area contributed by atoms with E-state index in [4.69, 9.17) is 20.0 Å². The van der Waals surface area contributed by atoms with Crippen molar-refractivity contribution in [2.24, 2.45) is 0 Å². The Morgan fingerprint density at radius 3 is 2.05 bits per heavy atom. The molecule has 0 aliphatic rings. The number of ether oxygens (including phenoxy) is 2. The van der Waals surface area contributed by atoms with E-state index in [1.165, 1.54) is 17.7 Å². The van der Waals surface area contributed by atoms with Crippen molar-refractivity contribution in [3.05, 3.63) is 120 Å². The first-order chi connectivity index (χ1) is 19.0.